The molecule has 88 valence electrons. The Morgan fingerprint density at radius 1 is 1.50 bits per heavy atom. The normalized spacial score (nSPS) is 28.8. The molecule has 1 fully saturated rings. The van der Waals surface area contributed by atoms with Gasteiger partial charge in [0.15, 0.2) is 6.17 Å². The average molecular weight is 224 g/mol. The van der Waals surface area contributed by atoms with E-state index in [9.17, 15) is 9.59 Å². The average Bonchev–Trinajstić information content (AvgIpc) is 2.69. The largest absolute Gasteiger partial charge is 0.362 e. The summed E-state index contributed by atoms with van der Waals surface area (Å²) < 4.78 is 0. The van der Waals surface area contributed by atoms with Crippen LogP contribution in [0.25, 0.3) is 0 Å². The Morgan fingerprint density at radius 3 is 2.81 bits per heavy atom. The second kappa shape index (κ2) is 3.77. The van der Waals surface area contributed by atoms with Gasteiger partial charge >= 0.3 is 6.03 Å². The zero-order valence-corrected chi connectivity index (χ0v) is 9.67. The van der Waals surface area contributed by atoms with Crippen LogP contribution in [0.15, 0.2) is 4.99 Å². The van der Waals surface area contributed by atoms with E-state index in [-0.39, 0.29) is 18.1 Å². The van der Waals surface area contributed by atoms with Crippen molar-refractivity contribution in [3.05, 3.63) is 0 Å². The highest BCUT2D eigenvalue weighted by Gasteiger charge is 2.46. The Morgan fingerprint density at radius 2 is 2.19 bits per heavy atom. The van der Waals surface area contributed by atoms with Gasteiger partial charge in [-0.05, 0) is 5.92 Å². The van der Waals surface area contributed by atoms with Gasteiger partial charge in [-0.15, -0.1) is 0 Å². The standard InChI is InChI=1S/C10H16N4O2/c1-6(2)4-14-8-7(11-5-12-8)9(15)13(3)10(14)16/h5-8H,4H2,1-3H3,(H,11,12). The first-order valence-corrected chi connectivity index (χ1v) is 5.38. The third-order valence-corrected chi connectivity index (χ3v) is 2.79. The van der Waals surface area contributed by atoms with Crippen LogP contribution >= 0.6 is 0 Å². The van der Waals surface area contributed by atoms with Crippen molar-refractivity contribution in [1.82, 2.24) is 15.1 Å². The van der Waals surface area contributed by atoms with Crippen molar-refractivity contribution in [2.45, 2.75) is 26.1 Å². The molecule has 3 amide bonds. The van der Waals surface area contributed by atoms with Crippen LogP contribution in [0.5, 0.6) is 0 Å². The summed E-state index contributed by atoms with van der Waals surface area (Å²) in [4.78, 5) is 30.7. The summed E-state index contributed by atoms with van der Waals surface area (Å²) in [6.07, 6.45) is 1.13. The Balaban J connectivity index is 2.25. The number of urea groups is 1. The summed E-state index contributed by atoms with van der Waals surface area (Å²) in [6.45, 7) is 4.67. The number of likely N-dealkylation sites (N-methyl/N-ethyl adjacent to an activating group) is 1. The van der Waals surface area contributed by atoms with Gasteiger partial charge in [-0.3, -0.25) is 14.6 Å². The van der Waals surface area contributed by atoms with Crippen LogP contribution in [0.4, 0.5) is 4.79 Å². The van der Waals surface area contributed by atoms with Crippen LogP contribution in [0.3, 0.4) is 0 Å². The lowest BCUT2D eigenvalue weighted by molar-refractivity contribution is -0.133. The zero-order valence-electron chi connectivity index (χ0n) is 9.67. The monoisotopic (exact) mass is 224 g/mol. The van der Waals surface area contributed by atoms with Gasteiger partial charge in [-0.1, -0.05) is 13.8 Å². The molecule has 2 aliphatic rings. The van der Waals surface area contributed by atoms with Gasteiger partial charge in [0.25, 0.3) is 5.91 Å². The molecule has 16 heavy (non-hydrogen) atoms. The lowest BCUT2D eigenvalue weighted by atomic mass is 10.1. The maximum Gasteiger partial charge on any atom is 0.328 e. The molecule has 6 nitrogen and oxygen atoms in total. The summed E-state index contributed by atoms with van der Waals surface area (Å²) in [5.74, 6) is 0.134. The van der Waals surface area contributed by atoms with Crippen LogP contribution < -0.4 is 5.32 Å². The van der Waals surface area contributed by atoms with Crippen LogP contribution in [0.2, 0.25) is 0 Å². The van der Waals surface area contributed by atoms with Crippen molar-refractivity contribution in [1.29, 1.82) is 0 Å². The van der Waals surface area contributed by atoms with Gasteiger partial charge in [0.05, 0.1) is 6.34 Å². The molecular weight excluding hydrogens is 208 g/mol. The number of carbonyl (C=O) groups is 2. The molecule has 2 atom stereocenters. The fourth-order valence-corrected chi connectivity index (χ4v) is 2.02. The van der Waals surface area contributed by atoms with Gasteiger partial charge in [-0.25, -0.2) is 9.79 Å². The van der Waals surface area contributed by atoms with Crippen LogP contribution in [-0.4, -0.2) is 53.9 Å². The van der Waals surface area contributed by atoms with E-state index >= 15 is 0 Å². The van der Waals surface area contributed by atoms with Crippen LogP contribution in [0, 0.1) is 5.92 Å². The number of hydrogen-bond acceptors (Lipinski definition) is 4. The molecule has 0 saturated carbocycles. The van der Waals surface area contributed by atoms with Crippen molar-refractivity contribution in [2.75, 3.05) is 13.6 Å². The number of nitrogens with zero attached hydrogens (tertiary/aromatic N) is 3. The molecule has 0 aromatic heterocycles. The molecular formula is C10H16N4O2. The number of fused-ring (bicyclic) bond motifs is 1. The quantitative estimate of drug-likeness (QED) is 0.710. The molecule has 2 heterocycles. The van der Waals surface area contributed by atoms with Gasteiger partial charge < -0.3 is 5.32 Å². The minimum Gasteiger partial charge on any atom is -0.362 e. The number of nitrogens with one attached hydrogen (secondary N) is 1. The molecule has 1 N–H and O–H groups in total. The minimum atomic E-state index is -0.415. The molecule has 1 saturated heterocycles. The van der Waals surface area contributed by atoms with E-state index in [1.807, 2.05) is 13.8 Å². The summed E-state index contributed by atoms with van der Waals surface area (Å²) in [5, 5.41) is 2.89. The second-order valence-electron chi connectivity index (χ2n) is 4.56. The molecule has 0 radical (unpaired) electrons. The molecule has 2 unspecified atom stereocenters. The van der Waals surface area contributed by atoms with Gasteiger partial charge in [0.1, 0.15) is 6.04 Å². The number of imide groups is 1. The maximum atomic E-state index is 11.9. The third-order valence-electron chi connectivity index (χ3n) is 2.79. The molecule has 2 aliphatic heterocycles. The Labute approximate surface area is 94.3 Å². The molecule has 0 aliphatic carbocycles. The van der Waals surface area contributed by atoms with E-state index in [1.165, 1.54) is 13.4 Å². The topological polar surface area (TPSA) is 65.0 Å². The zero-order chi connectivity index (χ0) is 11.9. The molecule has 2 rings (SSSR count). The fourth-order valence-electron chi connectivity index (χ4n) is 2.02. The SMILES string of the molecule is CC(C)CN1C(=O)N(C)C(=O)C2NC=NC21. The van der Waals surface area contributed by atoms with Crippen molar-refractivity contribution in [3.8, 4) is 0 Å². The Kier molecular flexibility index (Phi) is 2.57. The van der Waals surface area contributed by atoms with Crippen molar-refractivity contribution < 1.29 is 9.59 Å². The number of amides is 3. The van der Waals surface area contributed by atoms with E-state index in [4.69, 9.17) is 0 Å². The summed E-state index contributed by atoms with van der Waals surface area (Å²) >= 11 is 0. The predicted molar refractivity (Wildman–Crippen MR) is 58.9 cm³/mol. The van der Waals surface area contributed by atoms with Crippen molar-refractivity contribution in [3.63, 3.8) is 0 Å². The second-order valence-corrected chi connectivity index (χ2v) is 4.56. The van der Waals surface area contributed by atoms with Gasteiger partial charge in [0.2, 0.25) is 0 Å². The smallest absolute Gasteiger partial charge is 0.328 e. The van der Waals surface area contributed by atoms with Crippen LogP contribution in [-0.2, 0) is 4.79 Å². The lowest BCUT2D eigenvalue weighted by Gasteiger charge is -2.39. The summed E-state index contributed by atoms with van der Waals surface area (Å²) in [5.41, 5.74) is 0. The first kappa shape index (κ1) is 10.9. The molecule has 6 heteroatoms. The number of rotatable bonds is 2. The highest BCUT2D eigenvalue weighted by atomic mass is 16.2. The number of aliphatic imine (C=N–C) groups is 1. The number of carbonyl (C=O) groups excluding carboxylic acids is 2. The minimum absolute atomic E-state index is 0.215. The molecule has 0 bridgehead atoms. The predicted octanol–water partition coefficient (Wildman–Crippen LogP) is -0.137. The first-order valence-electron chi connectivity index (χ1n) is 5.38. The Hall–Kier alpha value is -1.59. The van der Waals surface area contributed by atoms with E-state index in [0.717, 1.165) is 4.90 Å². The molecule has 0 aromatic rings. The maximum absolute atomic E-state index is 11.9. The van der Waals surface area contributed by atoms with E-state index in [2.05, 4.69) is 10.3 Å². The van der Waals surface area contributed by atoms with Gasteiger partial charge in [0, 0.05) is 13.6 Å². The highest BCUT2D eigenvalue weighted by Crippen LogP contribution is 2.21. The fraction of sp³-hybridized carbons (Fsp3) is 0.700. The Bertz CT molecular complexity index is 353. The van der Waals surface area contributed by atoms with Crippen molar-refractivity contribution >= 4 is 18.3 Å². The highest BCUT2D eigenvalue weighted by molar-refractivity contribution is 6.01. The van der Waals surface area contributed by atoms with Crippen molar-refractivity contribution in [2.24, 2.45) is 10.9 Å². The summed E-state index contributed by atoms with van der Waals surface area (Å²) in [6, 6.07) is -0.678. The molecule has 0 aromatic carbocycles. The van der Waals surface area contributed by atoms with E-state index < -0.39 is 6.04 Å². The van der Waals surface area contributed by atoms with E-state index in [1.54, 1.807) is 4.90 Å². The van der Waals surface area contributed by atoms with E-state index in [0.29, 0.717) is 12.5 Å². The summed E-state index contributed by atoms with van der Waals surface area (Å²) in [7, 11) is 1.51. The molecule has 0 spiro atoms. The first-order chi connectivity index (χ1) is 7.52. The number of hydrogen-bond donors (Lipinski definition) is 1. The lowest BCUT2D eigenvalue weighted by Crippen LogP contribution is -2.64. The van der Waals surface area contributed by atoms with Crippen LogP contribution in [0.1, 0.15) is 13.8 Å². The third kappa shape index (κ3) is 1.54. The van der Waals surface area contributed by atoms with Gasteiger partial charge in [-0.2, -0.15) is 0 Å².